The lowest BCUT2D eigenvalue weighted by atomic mass is 10.0. The Morgan fingerprint density at radius 1 is 0.618 bits per heavy atom. The molecule has 0 saturated carbocycles. The Balaban J connectivity index is 1.31. The number of nitrogens with zero attached hydrogens (tertiary/aromatic N) is 2. The third kappa shape index (κ3) is 4.34. The van der Waals surface area contributed by atoms with E-state index in [2.05, 4.69) is 9.80 Å². The van der Waals surface area contributed by atoms with Crippen molar-refractivity contribution in [3.05, 3.63) is 71.8 Å². The zero-order valence-electron chi connectivity index (χ0n) is 19.6. The summed E-state index contributed by atoms with van der Waals surface area (Å²) in [6, 6.07) is 19.4. The van der Waals surface area contributed by atoms with E-state index in [1.54, 1.807) is 26.4 Å². The average Bonchev–Trinajstić information content (AvgIpc) is 2.87. The lowest BCUT2D eigenvalue weighted by molar-refractivity contribution is 0.121. The van der Waals surface area contributed by atoms with Gasteiger partial charge in [0.1, 0.15) is 23.0 Å². The van der Waals surface area contributed by atoms with Crippen molar-refractivity contribution in [1.29, 1.82) is 0 Å². The third-order valence-corrected chi connectivity index (χ3v) is 6.86. The van der Waals surface area contributed by atoms with Crippen LogP contribution in [0.3, 0.4) is 0 Å². The number of phenolic OH excluding ortho intramolecular Hbond substituents is 2. The van der Waals surface area contributed by atoms with Gasteiger partial charge in [-0.05, 0) is 57.9 Å². The number of ether oxygens (including phenoxy) is 2. The summed E-state index contributed by atoms with van der Waals surface area (Å²) in [7, 11) is 3.32. The molecule has 6 nitrogen and oxygen atoms in total. The van der Waals surface area contributed by atoms with Crippen LogP contribution in [0.4, 0.5) is 0 Å². The number of benzene rings is 4. The average molecular weight is 459 g/mol. The van der Waals surface area contributed by atoms with Crippen molar-refractivity contribution in [2.45, 2.75) is 13.1 Å². The number of phenols is 2. The lowest BCUT2D eigenvalue weighted by Crippen LogP contribution is -2.45. The minimum absolute atomic E-state index is 0.317. The zero-order valence-corrected chi connectivity index (χ0v) is 19.6. The molecule has 0 unspecified atom stereocenters. The Hall–Kier alpha value is -3.48. The van der Waals surface area contributed by atoms with Gasteiger partial charge in [0, 0.05) is 50.4 Å². The summed E-state index contributed by atoms with van der Waals surface area (Å²) in [5.41, 5.74) is 1.87. The van der Waals surface area contributed by atoms with Crippen LogP contribution >= 0.6 is 0 Å². The van der Waals surface area contributed by atoms with Gasteiger partial charge in [0.15, 0.2) is 0 Å². The van der Waals surface area contributed by atoms with Gasteiger partial charge >= 0.3 is 0 Å². The maximum atomic E-state index is 10.6. The van der Waals surface area contributed by atoms with E-state index < -0.39 is 0 Å². The maximum absolute atomic E-state index is 10.6. The van der Waals surface area contributed by atoms with Gasteiger partial charge in [-0.2, -0.15) is 0 Å². The third-order valence-electron chi connectivity index (χ3n) is 6.86. The predicted molar refractivity (Wildman–Crippen MR) is 135 cm³/mol. The molecule has 0 bridgehead atoms. The molecule has 0 aliphatic carbocycles. The van der Waals surface area contributed by atoms with E-state index in [0.29, 0.717) is 24.6 Å². The molecular formula is C28H30N2O4. The highest BCUT2D eigenvalue weighted by molar-refractivity contribution is 5.89. The van der Waals surface area contributed by atoms with Crippen LogP contribution in [0.1, 0.15) is 11.1 Å². The van der Waals surface area contributed by atoms with Gasteiger partial charge in [-0.1, -0.05) is 24.3 Å². The number of aromatic hydroxyl groups is 2. The monoisotopic (exact) mass is 458 g/mol. The highest BCUT2D eigenvalue weighted by Crippen LogP contribution is 2.33. The van der Waals surface area contributed by atoms with E-state index in [-0.39, 0.29) is 0 Å². The molecule has 176 valence electrons. The van der Waals surface area contributed by atoms with Crippen molar-refractivity contribution in [2.75, 3.05) is 40.4 Å². The summed E-state index contributed by atoms with van der Waals surface area (Å²) in [4.78, 5) is 4.74. The van der Waals surface area contributed by atoms with Crippen molar-refractivity contribution in [1.82, 2.24) is 9.80 Å². The van der Waals surface area contributed by atoms with Crippen molar-refractivity contribution in [3.63, 3.8) is 0 Å². The van der Waals surface area contributed by atoms with Crippen LogP contribution in [0, 0.1) is 0 Å². The summed E-state index contributed by atoms with van der Waals surface area (Å²) in [5, 5.41) is 25.4. The number of rotatable bonds is 6. The van der Waals surface area contributed by atoms with Crippen LogP contribution in [0.15, 0.2) is 60.7 Å². The van der Waals surface area contributed by atoms with Gasteiger partial charge in [-0.25, -0.2) is 0 Å². The van der Waals surface area contributed by atoms with Crippen LogP contribution < -0.4 is 9.47 Å². The van der Waals surface area contributed by atoms with E-state index in [1.807, 2.05) is 48.5 Å². The second kappa shape index (κ2) is 9.41. The molecule has 4 aromatic rings. The van der Waals surface area contributed by atoms with Crippen LogP contribution in [-0.4, -0.2) is 60.4 Å². The SMILES string of the molecule is COc1ccc2ccc(O)c(CN3CCN(Cc4c(O)ccc5ccc(OC)cc45)CC3)c2c1. The molecule has 0 radical (unpaired) electrons. The molecule has 6 heteroatoms. The largest absolute Gasteiger partial charge is 0.508 e. The molecule has 0 aromatic heterocycles. The van der Waals surface area contributed by atoms with Crippen LogP contribution in [-0.2, 0) is 13.1 Å². The lowest BCUT2D eigenvalue weighted by Gasteiger charge is -2.35. The molecule has 0 spiro atoms. The normalized spacial score (nSPS) is 15.1. The zero-order chi connectivity index (χ0) is 23.7. The van der Waals surface area contributed by atoms with Crippen LogP contribution in [0.2, 0.25) is 0 Å². The molecule has 0 atom stereocenters. The molecule has 1 saturated heterocycles. The van der Waals surface area contributed by atoms with Crippen molar-refractivity contribution >= 4 is 21.5 Å². The summed E-state index contributed by atoms with van der Waals surface area (Å²) in [6.45, 7) is 4.90. The Bertz CT molecular complexity index is 1230. The van der Waals surface area contributed by atoms with Gasteiger partial charge < -0.3 is 19.7 Å². The molecule has 1 fully saturated rings. The van der Waals surface area contributed by atoms with Crippen LogP contribution in [0.25, 0.3) is 21.5 Å². The second-order valence-corrected chi connectivity index (χ2v) is 8.85. The van der Waals surface area contributed by atoms with Gasteiger partial charge in [0.25, 0.3) is 0 Å². The number of hydrogen-bond acceptors (Lipinski definition) is 6. The fourth-order valence-electron chi connectivity index (χ4n) is 4.84. The Kier molecular flexibility index (Phi) is 6.18. The first-order valence-corrected chi connectivity index (χ1v) is 11.6. The Morgan fingerprint density at radius 2 is 1.00 bits per heavy atom. The molecule has 0 amide bonds. The smallest absolute Gasteiger partial charge is 0.120 e. The number of fused-ring (bicyclic) bond motifs is 2. The fourth-order valence-corrected chi connectivity index (χ4v) is 4.84. The molecule has 5 rings (SSSR count). The summed E-state index contributed by atoms with van der Waals surface area (Å²) >= 11 is 0. The van der Waals surface area contributed by atoms with Crippen LogP contribution in [0.5, 0.6) is 23.0 Å². The summed E-state index contributed by atoms with van der Waals surface area (Å²) < 4.78 is 10.8. The predicted octanol–water partition coefficient (Wildman–Crippen LogP) is 4.74. The molecule has 2 N–H and O–H groups in total. The Labute approximate surface area is 199 Å². The maximum Gasteiger partial charge on any atom is 0.120 e. The van der Waals surface area contributed by atoms with Gasteiger partial charge in [-0.15, -0.1) is 0 Å². The van der Waals surface area contributed by atoms with E-state index in [4.69, 9.17) is 9.47 Å². The Morgan fingerprint density at radius 3 is 1.38 bits per heavy atom. The second-order valence-electron chi connectivity index (χ2n) is 8.85. The quantitative estimate of drug-likeness (QED) is 0.435. The van der Waals surface area contributed by atoms with E-state index in [9.17, 15) is 10.2 Å². The van der Waals surface area contributed by atoms with E-state index in [1.165, 1.54) is 0 Å². The van der Waals surface area contributed by atoms with Crippen molar-refractivity contribution in [2.24, 2.45) is 0 Å². The fraction of sp³-hybridized carbons (Fsp3) is 0.286. The van der Waals surface area contributed by atoms with Gasteiger partial charge in [-0.3, -0.25) is 9.80 Å². The molecule has 4 aromatic carbocycles. The molecule has 1 heterocycles. The summed E-state index contributed by atoms with van der Waals surface area (Å²) in [5.74, 6) is 2.21. The molecule has 34 heavy (non-hydrogen) atoms. The highest BCUT2D eigenvalue weighted by atomic mass is 16.5. The van der Waals surface area contributed by atoms with Gasteiger partial charge in [0.2, 0.25) is 0 Å². The number of methoxy groups -OCH3 is 2. The first-order chi connectivity index (χ1) is 16.6. The minimum Gasteiger partial charge on any atom is -0.508 e. The van der Waals surface area contributed by atoms with Gasteiger partial charge in [0.05, 0.1) is 14.2 Å². The minimum atomic E-state index is 0.317. The first kappa shape index (κ1) is 22.3. The molecular weight excluding hydrogens is 428 g/mol. The highest BCUT2D eigenvalue weighted by Gasteiger charge is 2.21. The molecule has 1 aliphatic heterocycles. The molecule has 1 aliphatic rings. The number of hydrogen-bond donors (Lipinski definition) is 2. The topological polar surface area (TPSA) is 65.4 Å². The summed E-state index contributed by atoms with van der Waals surface area (Å²) in [6.07, 6.45) is 0. The van der Waals surface area contributed by atoms with E-state index >= 15 is 0 Å². The van der Waals surface area contributed by atoms with Crippen molar-refractivity contribution in [3.8, 4) is 23.0 Å². The first-order valence-electron chi connectivity index (χ1n) is 11.6. The van der Waals surface area contributed by atoms with Crippen molar-refractivity contribution < 1.29 is 19.7 Å². The standard InChI is InChI=1S/C28H30N2O4/c1-33-21-7-3-19-5-9-27(31)25(23(19)15-21)17-29-11-13-30(14-12-29)18-26-24-16-22(34-2)8-4-20(24)6-10-28(26)32/h3-10,15-16,31-32H,11-14,17-18H2,1-2H3. The number of piperazine rings is 1. The van der Waals surface area contributed by atoms with E-state index in [0.717, 1.165) is 70.3 Å².